The van der Waals surface area contributed by atoms with Gasteiger partial charge in [-0.3, -0.25) is 14.7 Å². The minimum Gasteiger partial charge on any atom is -0.496 e. The van der Waals surface area contributed by atoms with Crippen LogP contribution in [0.25, 0.3) is 33.7 Å². The van der Waals surface area contributed by atoms with E-state index in [4.69, 9.17) is 19.8 Å². The Morgan fingerprint density at radius 3 is 2.84 bits per heavy atom. The van der Waals surface area contributed by atoms with Gasteiger partial charge < -0.3 is 9.72 Å². The number of likely N-dealkylation sites (N-methyl/N-ethyl adjacent to an activating group) is 1. The van der Waals surface area contributed by atoms with Crippen LogP contribution in [0.2, 0.25) is 0 Å². The zero-order chi connectivity index (χ0) is 25.8. The predicted octanol–water partition coefficient (Wildman–Crippen LogP) is 4.60. The van der Waals surface area contributed by atoms with Gasteiger partial charge >= 0.3 is 0 Å². The molecule has 1 saturated carbocycles. The summed E-state index contributed by atoms with van der Waals surface area (Å²) in [6, 6.07) is 10.5. The Kier molecular flexibility index (Phi) is 5.54. The summed E-state index contributed by atoms with van der Waals surface area (Å²) >= 11 is 0. The lowest BCUT2D eigenvalue weighted by Crippen LogP contribution is -2.30. The second-order valence-electron chi connectivity index (χ2n) is 10.4. The SMILES string of the molecule is CCN1CCc2nc(-c3ccc(-c4nc(Cc5ccc6[nH]ncc6c5C5CC5)n(C)n4)cc3OC)[nH]c2C1. The zero-order valence-corrected chi connectivity index (χ0v) is 22.1. The Labute approximate surface area is 221 Å². The molecule has 1 aliphatic carbocycles. The number of hydrogen-bond donors (Lipinski definition) is 2. The summed E-state index contributed by atoms with van der Waals surface area (Å²) in [7, 11) is 3.67. The van der Waals surface area contributed by atoms with Crippen LogP contribution in [0, 0.1) is 0 Å². The van der Waals surface area contributed by atoms with E-state index >= 15 is 0 Å². The van der Waals surface area contributed by atoms with Crippen molar-refractivity contribution in [2.75, 3.05) is 20.2 Å². The lowest BCUT2D eigenvalue weighted by Gasteiger charge is -2.23. The summed E-state index contributed by atoms with van der Waals surface area (Å²) in [4.78, 5) is 15.8. The molecule has 0 unspecified atom stereocenters. The van der Waals surface area contributed by atoms with Gasteiger partial charge in [-0.25, -0.2) is 9.97 Å². The maximum absolute atomic E-state index is 5.81. The molecule has 9 heteroatoms. The number of methoxy groups -OCH3 is 1. The number of nitrogens with one attached hydrogen (secondary N) is 2. The van der Waals surface area contributed by atoms with Crippen LogP contribution in [-0.4, -0.2) is 60.0 Å². The molecule has 4 heterocycles. The number of ether oxygens (including phenoxy) is 1. The first-order chi connectivity index (χ1) is 18.6. The highest BCUT2D eigenvalue weighted by molar-refractivity contribution is 5.84. The Balaban J connectivity index is 1.19. The normalized spacial score (nSPS) is 15.8. The van der Waals surface area contributed by atoms with Crippen LogP contribution in [0.5, 0.6) is 5.75 Å². The smallest absolute Gasteiger partial charge is 0.181 e. The molecule has 5 aromatic rings. The van der Waals surface area contributed by atoms with E-state index in [9.17, 15) is 0 Å². The third-order valence-electron chi connectivity index (χ3n) is 8.02. The van der Waals surface area contributed by atoms with Gasteiger partial charge in [-0.2, -0.15) is 10.2 Å². The summed E-state index contributed by atoms with van der Waals surface area (Å²) in [5.74, 6) is 3.87. The van der Waals surface area contributed by atoms with Crippen molar-refractivity contribution in [3.63, 3.8) is 0 Å². The van der Waals surface area contributed by atoms with E-state index in [2.05, 4.69) is 51.3 Å². The molecule has 0 atom stereocenters. The molecule has 38 heavy (non-hydrogen) atoms. The molecule has 1 aliphatic heterocycles. The van der Waals surface area contributed by atoms with Crippen molar-refractivity contribution in [1.82, 2.24) is 39.8 Å². The molecule has 0 amide bonds. The van der Waals surface area contributed by atoms with Gasteiger partial charge in [0.15, 0.2) is 5.82 Å². The first-order valence-corrected chi connectivity index (χ1v) is 13.4. The van der Waals surface area contributed by atoms with Gasteiger partial charge in [0.1, 0.15) is 17.4 Å². The van der Waals surface area contributed by atoms with Crippen LogP contribution in [0.4, 0.5) is 0 Å². The van der Waals surface area contributed by atoms with Crippen molar-refractivity contribution >= 4 is 10.9 Å². The van der Waals surface area contributed by atoms with Crippen molar-refractivity contribution in [2.45, 2.75) is 45.1 Å². The average Bonchev–Trinajstić information content (AvgIpc) is 3.33. The number of aromatic amines is 2. The van der Waals surface area contributed by atoms with E-state index in [0.717, 1.165) is 72.2 Å². The predicted molar refractivity (Wildman–Crippen MR) is 146 cm³/mol. The number of fused-ring (bicyclic) bond motifs is 2. The Bertz CT molecular complexity index is 1640. The van der Waals surface area contributed by atoms with Crippen LogP contribution in [0.1, 0.15) is 54.0 Å². The van der Waals surface area contributed by atoms with E-state index in [-0.39, 0.29) is 0 Å². The van der Waals surface area contributed by atoms with E-state index in [1.54, 1.807) is 7.11 Å². The number of hydrogen-bond acceptors (Lipinski definition) is 6. The molecule has 3 aromatic heterocycles. The quantitative estimate of drug-likeness (QED) is 0.333. The highest BCUT2D eigenvalue weighted by atomic mass is 16.5. The molecule has 194 valence electrons. The van der Waals surface area contributed by atoms with Crippen molar-refractivity contribution in [3.05, 3.63) is 64.9 Å². The van der Waals surface area contributed by atoms with Gasteiger partial charge in [0, 0.05) is 43.9 Å². The molecule has 9 nitrogen and oxygen atoms in total. The van der Waals surface area contributed by atoms with E-state index < -0.39 is 0 Å². The maximum atomic E-state index is 5.81. The van der Waals surface area contributed by atoms with Gasteiger partial charge in [0.05, 0.1) is 35.8 Å². The Hall–Kier alpha value is -3.98. The molecule has 0 bridgehead atoms. The largest absolute Gasteiger partial charge is 0.496 e. The maximum Gasteiger partial charge on any atom is 0.181 e. The molecule has 2 aromatic carbocycles. The average molecular weight is 509 g/mol. The van der Waals surface area contributed by atoms with Crippen LogP contribution >= 0.6 is 0 Å². The lowest BCUT2D eigenvalue weighted by atomic mass is 9.96. The highest BCUT2D eigenvalue weighted by Crippen LogP contribution is 2.45. The van der Waals surface area contributed by atoms with Crippen LogP contribution in [-0.2, 0) is 26.4 Å². The van der Waals surface area contributed by atoms with E-state index in [0.29, 0.717) is 11.7 Å². The summed E-state index contributed by atoms with van der Waals surface area (Å²) in [5, 5.41) is 13.4. The van der Waals surface area contributed by atoms with Crippen LogP contribution in [0.3, 0.4) is 0 Å². The number of aryl methyl sites for hydroxylation is 1. The lowest BCUT2D eigenvalue weighted by molar-refractivity contribution is 0.264. The molecule has 1 fully saturated rings. The van der Waals surface area contributed by atoms with Gasteiger partial charge in [-0.05, 0) is 54.6 Å². The third kappa shape index (κ3) is 3.98. The molecular formula is C29H32N8O. The third-order valence-corrected chi connectivity index (χ3v) is 8.02. The fourth-order valence-corrected chi connectivity index (χ4v) is 5.73. The summed E-state index contributed by atoms with van der Waals surface area (Å²) in [6.45, 7) is 5.21. The number of benzene rings is 2. The minimum absolute atomic E-state index is 0.619. The summed E-state index contributed by atoms with van der Waals surface area (Å²) < 4.78 is 7.70. The Morgan fingerprint density at radius 1 is 1.13 bits per heavy atom. The van der Waals surface area contributed by atoms with Crippen molar-refractivity contribution in [2.24, 2.45) is 7.05 Å². The first kappa shape index (κ1) is 23.2. The number of H-pyrrole nitrogens is 2. The van der Waals surface area contributed by atoms with Gasteiger partial charge in [-0.15, -0.1) is 0 Å². The number of imidazole rings is 1. The Morgan fingerprint density at radius 2 is 2.03 bits per heavy atom. The van der Waals surface area contributed by atoms with E-state index in [1.165, 1.54) is 35.0 Å². The monoisotopic (exact) mass is 508 g/mol. The molecule has 0 spiro atoms. The zero-order valence-electron chi connectivity index (χ0n) is 22.1. The second kappa shape index (κ2) is 9.09. The second-order valence-corrected chi connectivity index (χ2v) is 10.4. The van der Waals surface area contributed by atoms with Crippen molar-refractivity contribution < 1.29 is 4.74 Å². The van der Waals surface area contributed by atoms with Crippen molar-refractivity contribution in [1.29, 1.82) is 0 Å². The summed E-state index contributed by atoms with van der Waals surface area (Å²) in [5.41, 5.74) is 8.05. The molecule has 0 saturated heterocycles. The first-order valence-electron chi connectivity index (χ1n) is 13.4. The van der Waals surface area contributed by atoms with Crippen LogP contribution in [0.15, 0.2) is 36.5 Å². The summed E-state index contributed by atoms with van der Waals surface area (Å²) in [6.07, 6.45) is 6.14. The topological polar surface area (TPSA) is 101 Å². The molecule has 7 rings (SSSR count). The molecule has 2 N–H and O–H groups in total. The van der Waals surface area contributed by atoms with Crippen LogP contribution < -0.4 is 4.74 Å². The molecular weight excluding hydrogens is 476 g/mol. The van der Waals surface area contributed by atoms with Gasteiger partial charge in [0.25, 0.3) is 0 Å². The fraction of sp³-hybridized carbons (Fsp3) is 0.379. The van der Waals surface area contributed by atoms with Crippen molar-refractivity contribution in [3.8, 4) is 28.5 Å². The number of rotatable bonds is 7. The number of aromatic nitrogens is 7. The minimum atomic E-state index is 0.619. The molecule has 0 radical (unpaired) electrons. The highest BCUT2D eigenvalue weighted by Gasteiger charge is 2.29. The van der Waals surface area contributed by atoms with Gasteiger partial charge in [-0.1, -0.05) is 19.1 Å². The fourth-order valence-electron chi connectivity index (χ4n) is 5.73. The molecule has 2 aliphatic rings. The standard InChI is InChI=1S/C29H32N8O/c1-4-37-12-11-23-24(16-37)32-29(31-23)20-9-7-19(13-25(20)38-3)28-33-26(36(2)35-28)14-18-8-10-22-21(15-30-34-22)27(18)17-5-6-17/h7-10,13,15,17H,4-6,11-12,14,16H2,1-3H3,(H,30,34)(H,31,32). The van der Waals surface area contributed by atoms with E-state index in [1.807, 2.05) is 24.0 Å². The van der Waals surface area contributed by atoms with Gasteiger partial charge in [0.2, 0.25) is 0 Å². The number of nitrogens with zero attached hydrogens (tertiary/aromatic N) is 6.